The minimum Gasteiger partial charge on any atom is -0.480 e. The van der Waals surface area contributed by atoms with Gasteiger partial charge >= 0.3 is 12.0 Å². The maximum atomic E-state index is 11.7. The summed E-state index contributed by atoms with van der Waals surface area (Å²) in [6.45, 7) is 7.34. The topological polar surface area (TPSA) is 78.4 Å². The van der Waals surface area contributed by atoms with E-state index in [0.29, 0.717) is 0 Å². The highest BCUT2D eigenvalue weighted by Gasteiger charge is 2.36. The van der Waals surface area contributed by atoms with Crippen molar-refractivity contribution in [3.63, 3.8) is 0 Å². The van der Waals surface area contributed by atoms with Crippen molar-refractivity contribution in [3.8, 4) is 0 Å². The molecular weight excluding hydrogens is 220 g/mol. The Labute approximate surface area is 102 Å². The molecule has 98 valence electrons. The second-order valence-corrected chi connectivity index (χ2v) is 6.15. The Balaban J connectivity index is 2.56. The van der Waals surface area contributed by atoms with Crippen molar-refractivity contribution in [3.05, 3.63) is 0 Å². The molecule has 1 aliphatic rings. The molecule has 0 saturated heterocycles. The maximum absolute atomic E-state index is 11.7. The second kappa shape index (κ2) is 4.55. The lowest BCUT2D eigenvalue weighted by Gasteiger charge is -2.39. The van der Waals surface area contributed by atoms with E-state index in [9.17, 15) is 9.59 Å². The van der Waals surface area contributed by atoms with Gasteiger partial charge in [-0.15, -0.1) is 0 Å². The van der Waals surface area contributed by atoms with Crippen molar-refractivity contribution in [2.24, 2.45) is 5.41 Å². The van der Waals surface area contributed by atoms with Gasteiger partial charge in [-0.1, -0.05) is 20.8 Å². The molecule has 5 heteroatoms. The molecule has 0 aromatic heterocycles. The number of nitrogens with one attached hydrogen (secondary N) is 2. The predicted molar refractivity (Wildman–Crippen MR) is 64.8 cm³/mol. The number of rotatable bonds is 3. The molecule has 0 heterocycles. The highest BCUT2D eigenvalue weighted by atomic mass is 16.4. The Morgan fingerprint density at radius 3 is 2.12 bits per heavy atom. The third-order valence-electron chi connectivity index (χ3n) is 3.26. The summed E-state index contributed by atoms with van der Waals surface area (Å²) >= 11 is 0. The van der Waals surface area contributed by atoms with Crippen LogP contribution in [0.4, 0.5) is 4.79 Å². The van der Waals surface area contributed by atoms with Crippen LogP contribution in [0.1, 0.15) is 47.0 Å². The first-order valence-electron chi connectivity index (χ1n) is 5.95. The lowest BCUT2D eigenvalue weighted by Crippen LogP contribution is -2.59. The number of hydrogen-bond donors (Lipinski definition) is 3. The van der Waals surface area contributed by atoms with E-state index in [1.807, 2.05) is 6.92 Å². The van der Waals surface area contributed by atoms with Crippen LogP contribution in [0, 0.1) is 5.41 Å². The highest BCUT2D eigenvalue weighted by molar-refractivity contribution is 5.83. The largest absolute Gasteiger partial charge is 0.480 e. The molecule has 1 unspecified atom stereocenters. The standard InChI is InChI=1S/C12H22N2O3/c1-11(2,3)8(9(15)16)13-10(17)14-12(4)6-5-7-12/h8H,5-7H2,1-4H3,(H,15,16)(H2,13,14,17). The van der Waals surface area contributed by atoms with E-state index in [-0.39, 0.29) is 5.54 Å². The van der Waals surface area contributed by atoms with Crippen LogP contribution in [0.3, 0.4) is 0 Å². The van der Waals surface area contributed by atoms with Gasteiger partial charge in [-0.3, -0.25) is 0 Å². The molecule has 1 aliphatic carbocycles. The molecule has 0 spiro atoms. The second-order valence-electron chi connectivity index (χ2n) is 6.15. The van der Waals surface area contributed by atoms with Crippen LogP contribution in [-0.2, 0) is 4.79 Å². The Morgan fingerprint density at radius 2 is 1.82 bits per heavy atom. The first-order chi connectivity index (χ1) is 7.64. The number of carbonyl (C=O) groups is 2. The molecule has 0 aromatic rings. The van der Waals surface area contributed by atoms with Gasteiger partial charge in [0.05, 0.1) is 0 Å². The van der Waals surface area contributed by atoms with E-state index in [0.717, 1.165) is 19.3 Å². The number of hydrogen-bond acceptors (Lipinski definition) is 2. The zero-order valence-corrected chi connectivity index (χ0v) is 11.0. The maximum Gasteiger partial charge on any atom is 0.326 e. The minimum absolute atomic E-state index is 0.162. The highest BCUT2D eigenvalue weighted by Crippen LogP contribution is 2.30. The summed E-state index contributed by atoms with van der Waals surface area (Å²) in [5, 5.41) is 14.5. The van der Waals surface area contributed by atoms with Crippen molar-refractivity contribution in [1.29, 1.82) is 0 Å². The minimum atomic E-state index is -1.01. The first kappa shape index (κ1) is 13.8. The molecule has 1 rings (SSSR count). The SMILES string of the molecule is CC1(NC(=O)NC(C(=O)O)C(C)(C)C)CCC1. The molecule has 1 fully saturated rings. The van der Waals surface area contributed by atoms with Gasteiger partial charge in [-0.25, -0.2) is 9.59 Å². The van der Waals surface area contributed by atoms with Gasteiger partial charge in [0.25, 0.3) is 0 Å². The molecule has 0 bridgehead atoms. The van der Waals surface area contributed by atoms with Gasteiger partial charge in [-0.05, 0) is 31.6 Å². The molecule has 0 radical (unpaired) electrons. The summed E-state index contributed by atoms with van der Waals surface area (Å²) in [6, 6.07) is -1.28. The van der Waals surface area contributed by atoms with E-state index in [4.69, 9.17) is 5.11 Å². The number of carboxylic acid groups (broad SMARTS) is 1. The molecule has 2 amide bonds. The van der Waals surface area contributed by atoms with Crippen molar-refractivity contribution in [1.82, 2.24) is 10.6 Å². The first-order valence-corrected chi connectivity index (χ1v) is 5.95. The van der Waals surface area contributed by atoms with Crippen molar-refractivity contribution in [2.45, 2.75) is 58.5 Å². The Bertz CT molecular complexity index is 316. The van der Waals surface area contributed by atoms with Gasteiger partial charge in [-0.2, -0.15) is 0 Å². The van der Waals surface area contributed by atoms with Crippen LogP contribution in [-0.4, -0.2) is 28.7 Å². The molecule has 17 heavy (non-hydrogen) atoms. The van der Waals surface area contributed by atoms with E-state index in [1.54, 1.807) is 20.8 Å². The number of urea groups is 1. The number of aliphatic carboxylic acids is 1. The van der Waals surface area contributed by atoms with Crippen molar-refractivity contribution < 1.29 is 14.7 Å². The summed E-state index contributed by atoms with van der Waals surface area (Å²) < 4.78 is 0. The van der Waals surface area contributed by atoms with E-state index >= 15 is 0 Å². The van der Waals surface area contributed by atoms with Gasteiger partial charge in [0, 0.05) is 5.54 Å². The van der Waals surface area contributed by atoms with E-state index < -0.39 is 23.5 Å². The fourth-order valence-corrected chi connectivity index (χ4v) is 1.92. The lowest BCUT2D eigenvalue weighted by molar-refractivity contribution is -0.141. The van der Waals surface area contributed by atoms with Gasteiger partial charge in [0.1, 0.15) is 6.04 Å². The van der Waals surface area contributed by atoms with Crippen LogP contribution in [0.5, 0.6) is 0 Å². The monoisotopic (exact) mass is 242 g/mol. The van der Waals surface area contributed by atoms with E-state index in [1.165, 1.54) is 0 Å². The molecule has 0 aliphatic heterocycles. The van der Waals surface area contributed by atoms with Crippen molar-refractivity contribution >= 4 is 12.0 Å². The van der Waals surface area contributed by atoms with E-state index in [2.05, 4.69) is 10.6 Å². The Kier molecular flexibility index (Phi) is 3.69. The zero-order chi connectivity index (χ0) is 13.3. The van der Waals surface area contributed by atoms with Gasteiger partial charge in [0.2, 0.25) is 0 Å². The van der Waals surface area contributed by atoms with Crippen LogP contribution in [0.2, 0.25) is 0 Å². The van der Waals surface area contributed by atoms with Crippen LogP contribution in [0.25, 0.3) is 0 Å². The third-order valence-corrected chi connectivity index (χ3v) is 3.26. The Morgan fingerprint density at radius 1 is 1.29 bits per heavy atom. The van der Waals surface area contributed by atoms with Crippen LogP contribution < -0.4 is 10.6 Å². The molecule has 0 aromatic carbocycles. The fraction of sp³-hybridized carbons (Fsp3) is 0.833. The fourth-order valence-electron chi connectivity index (χ4n) is 1.92. The Hall–Kier alpha value is -1.26. The molecule has 5 nitrogen and oxygen atoms in total. The van der Waals surface area contributed by atoms with Crippen molar-refractivity contribution in [2.75, 3.05) is 0 Å². The smallest absolute Gasteiger partial charge is 0.326 e. The molecule has 1 saturated carbocycles. The van der Waals surface area contributed by atoms with Gasteiger partial charge in [0.15, 0.2) is 0 Å². The molecule has 3 N–H and O–H groups in total. The summed E-state index contributed by atoms with van der Waals surface area (Å²) in [7, 11) is 0. The quantitative estimate of drug-likeness (QED) is 0.705. The summed E-state index contributed by atoms with van der Waals surface area (Å²) in [4.78, 5) is 22.8. The average molecular weight is 242 g/mol. The molecular formula is C12H22N2O3. The molecule has 1 atom stereocenters. The number of carbonyl (C=O) groups excluding carboxylic acids is 1. The van der Waals surface area contributed by atoms with Gasteiger partial charge < -0.3 is 15.7 Å². The zero-order valence-electron chi connectivity index (χ0n) is 11.0. The summed E-state index contributed by atoms with van der Waals surface area (Å²) in [5.74, 6) is -1.01. The van der Waals surface area contributed by atoms with Crippen LogP contribution in [0.15, 0.2) is 0 Å². The lowest BCUT2D eigenvalue weighted by atomic mass is 9.79. The number of carboxylic acids is 1. The average Bonchev–Trinajstić information content (AvgIpc) is 2.09. The summed E-state index contributed by atoms with van der Waals surface area (Å²) in [6.07, 6.45) is 3.01. The van der Waals surface area contributed by atoms with Crippen LogP contribution >= 0.6 is 0 Å². The number of amides is 2. The predicted octanol–water partition coefficient (Wildman–Crippen LogP) is 1.73. The normalized spacial score (nSPS) is 20.0. The summed E-state index contributed by atoms with van der Waals surface area (Å²) in [5.41, 5.74) is -0.672. The third kappa shape index (κ3) is 3.61.